The monoisotopic (exact) mass is 326 g/mol. The van der Waals surface area contributed by atoms with Gasteiger partial charge in [0.05, 0.1) is 19.3 Å². The molecule has 126 valence electrons. The molecule has 0 aromatic heterocycles. The van der Waals surface area contributed by atoms with Gasteiger partial charge in [0.25, 0.3) is 0 Å². The molecule has 2 aromatic rings. The van der Waals surface area contributed by atoms with E-state index < -0.39 is 6.10 Å². The molecule has 0 bridgehead atoms. The number of carbonyl (C=O) groups excluding carboxylic acids is 1. The number of aliphatic hydroxyl groups excluding tert-OH is 1. The molecule has 3 N–H and O–H groups in total. The van der Waals surface area contributed by atoms with Crippen LogP contribution in [0.2, 0.25) is 0 Å². The van der Waals surface area contributed by atoms with E-state index in [1.807, 2.05) is 48.5 Å². The number of fused-ring (bicyclic) bond motifs is 1. The zero-order chi connectivity index (χ0) is 16.9. The fourth-order valence-electron chi connectivity index (χ4n) is 3.05. The summed E-state index contributed by atoms with van der Waals surface area (Å²) in [6.07, 6.45) is 0.739. The molecule has 1 aliphatic rings. The minimum atomic E-state index is -0.574. The highest BCUT2D eigenvalue weighted by atomic mass is 16.5. The standard InChI is InChI=1S/C19H22N2O3/c1-24-15-8-6-13(7-9-15)10-11-20-19(23)21-18-16-5-3-2-4-14(16)12-17(18)22/h2-9,17-18,22H,10-12H2,1H3,(H2,20,21,23)/t17-,18+/m0/s1. The van der Waals surface area contributed by atoms with Crippen LogP contribution in [0, 0.1) is 0 Å². The van der Waals surface area contributed by atoms with Crippen molar-refractivity contribution in [3.63, 3.8) is 0 Å². The van der Waals surface area contributed by atoms with E-state index in [1.165, 1.54) is 0 Å². The molecule has 3 rings (SSSR count). The van der Waals surface area contributed by atoms with Crippen LogP contribution >= 0.6 is 0 Å². The Balaban J connectivity index is 1.49. The van der Waals surface area contributed by atoms with Gasteiger partial charge in [-0.05, 0) is 35.2 Å². The average Bonchev–Trinajstić information content (AvgIpc) is 2.91. The second kappa shape index (κ2) is 7.36. The fraction of sp³-hybridized carbons (Fsp3) is 0.316. The summed E-state index contributed by atoms with van der Waals surface area (Å²) in [4.78, 5) is 12.1. The number of benzene rings is 2. The SMILES string of the molecule is COc1ccc(CCNC(=O)N[C@@H]2c3ccccc3C[C@@H]2O)cc1. The average molecular weight is 326 g/mol. The van der Waals surface area contributed by atoms with E-state index >= 15 is 0 Å². The van der Waals surface area contributed by atoms with Crippen LogP contribution in [-0.4, -0.2) is 30.9 Å². The van der Waals surface area contributed by atoms with Crippen molar-refractivity contribution in [1.82, 2.24) is 10.6 Å². The molecule has 1 aliphatic carbocycles. The van der Waals surface area contributed by atoms with E-state index in [1.54, 1.807) is 7.11 Å². The van der Waals surface area contributed by atoms with Gasteiger partial charge in [-0.2, -0.15) is 0 Å². The molecule has 0 heterocycles. The zero-order valence-corrected chi connectivity index (χ0v) is 13.7. The van der Waals surface area contributed by atoms with E-state index in [0.29, 0.717) is 13.0 Å². The second-order valence-corrected chi connectivity index (χ2v) is 5.95. The second-order valence-electron chi connectivity index (χ2n) is 5.95. The van der Waals surface area contributed by atoms with Crippen LogP contribution in [0.25, 0.3) is 0 Å². The Kier molecular flexibility index (Phi) is 5.01. The molecule has 0 saturated carbocycles. The first-order chi connectivity index (χ1) is 11.7. The summed E-state index contributed by atoms with van der Waals surface area (Å²) in [5, 5.41) is 15.9. The van der Waals surface area contributed by atoms with Gasteiger partial charge in [0.15, 0.2) is 0 Å². The third-order valence-electron chi connectivity index (χ3n) is 4.35. The number of aliphatic hydroxyl groups is 1. The van der Waals surface area contributed by atoms with Gasteiger partial charge in [-0.25, -0.2) is 4.79 Å². The van der Waals surface area contributed by atoms with Gasteiger partial charge in [-0.15, -0.1) is 0 Å². The third kappa shape index (κ3) is 3.68. The maximum absolute atomic E-state index is 12.1. The van der Waals surface area contributed by atoms with Gasteiger partial charge in [0, 0.05) is 13.0 Å². The van der Waals surface area contributed by atoms with Gasteiger partial charge in [-0.3, -0.25) is 0 Å². The van der Waals surface area contributed by atoms with Crippen LogP contribution in [0.15, 0.2) is 48.5 Å². The molecule has 24 heavy (non-hydrogen) atoms. The summed E-state index contributed by atoms with van der Waals surface area (Å²) in [6, 6.07) is 15.0. The largest absolute Gasteiger partial charge is 0.497 e. The van der Waals surface area contributed by atoms with Crippen LogP contribution in [0.5, 0.6) is 5.75 Å². The Morgan fingerprint density at radius 2 is 1.96 bits per heavy atom. The lowest BCUT2D eigenvalue weighted by Gasteiger charge is -2.18. The van der Waals surface area contributed by atoms with E-state index in [-0.39, 0.29) is 12.1 Å². The highest BCUT2D eigenvalue weighted by Crippen LogP contribution is 2.30. The number of hydrogen-bond acceptors (Lipinski definition) is 3. The van der Waals surface area contributed by atoms with E-state index in [9.17, 15) is 9.90 Å². The fourth-order valence-corrected chi connectivity index (χ4v) is 3.05. The molecule has 5 heteroatoms. The lowest BCUT2D eigenvalue weighted by molar-refractivity contribution is 0.142. The number of carbonyl (C=O) groups is 1. The minimum Gasteiger partial charge on any atom is -0.497 e. The van der Waals surface area contributed by atoms with E-state index in [0.717, 1.165) is 28.9 Å². The Bertz CT molecular complexity index is 700. The minimum absolute atomic E-state index is 0.260. The van der Waals surface area contributed by atoms with Crippen molar-refractivity contribution in [2.45, 2.75) is 25.0 Å². The molecule has 2 atom stereocenters. The van der Waals surface area contributed by atoms with Crippen LogP contribution in [0.3, 0.4) is 0 Å². The molecule has 0 radical (unpaired) electrons. The summed E-state index contributed by atoms with van der Waals surface area (Å²) in [6.45, 7) is 0.530. The van der Waals surface area contributed by atoms with Gasteiger partial charge in [0.1, 0.15) is 5.75 Å². The molecule has 2 amide bonds. The Hall–Kier alpha value is -2.53. The lowest BCUT2D eigenvalue weighted by atomic mass is 10.1. The van der Waals surface area contributed by atoms with E-state index in [4.69, 9.17) is 4.74 Å². The quantitative estimate of drug-likeness (QED) is 0.789. The van der Waals surface area contributed by atoms with Crippen molar-refractivity contribution in [3.05, 3.63) is 65.2 Å². The van der Waals surface area contributed by atoms with Gasteiger partial charge in [-0.1, -0.05) is 36.4 Å². The molecular weight excluding hydrogens is 304 g/mol. The van der Waals surface area contributed by atoms with Crippen LogP contribution in [0.4, 0.5) is 4.79 Å². The van der Waals surface area contributed by atoms with Crippen LogP contribution < -0.4 is 15.4 Å². The first kappa shape index (κ1) is 16.3. The van der Waals surface area contributed by atoms with Gasteiger partial charge >= 0.3 is 6.03 Å². The van der Waals surface area contributed by atoms with Crippen LogP contribution in [0.1, 0.15) is 22.7 Å². The van der Waals surface area contributed by atoms with Gasteiger partial charge in [0.2, 0.25) is 0 Å². The Labute approximate surface area is 141 Å². The number of hydrogen-bond donors (Lipinski definition) is 3. The molecule has 5 nitrogen and oxygen atoms in total. The maximum Gasteiger partial charge on any atom is 0.315 e. The predicted molar refractivity (Wildman–Crippen MR) is 92.1 cm³/mol. The number of nitrogens with one attached hydrogen (secondary N) is 2. The predicted octanol–water partition coefficient (Wildman–Crippen LogP) is 2.20. The topological polar surface area (TPSA) is 70.6 Å². The summed E-state index contributed by atoms with van der Waals surface area (Å²) < 4.78 is 5.12. The molecule has 0 saturated heterocycles. The highest BCUT2D eigenvalue weighted by Gasteiger charge is 2.31. The molecule has 0 spiro atoms. The Morgan fingerprint density at radius 3 is 2.71 bits per heavy atom. The lowest BCUT2D eigenvalue weighted by Crippen LogP contribution is -2.41. The summed E-state index contributed by atoms with van der Waals surface area (Å²) >= 11 is 0. The number of rotatable bonds is 5. The third-order valence-corrected chi connectivity index (χ3v) is 4.35. The van der Waals surface area contributed by atoms with Gasteiger partial charge < -0.3 is 20.5 Å². The molecule has 0 aliphatic heterocycles. The summed E-state index contributed by atoms with van der Waals surface area (Å²) in [5.41, 5.74) is 3.21. The summed E-state index contributed by atoms with van der Waals surface area (Å²) in [5.74, 6) is 0.818. The van der Waals surface area contributed by atoms with Crippen molar-refractivity contribution >= 4 is 6.03 Å². The number of urea groups is 1. The van der Waals surface area contributed by atoms with Crippen molar-refractivity contribution in [2.75, 3.05) is 13.7 Å². The number of methoxy groups -OCH3 is 1. The molecular formula is C19H22N2O3. The summed E-state index contributed by atoms with van der Waals surface area (Å²) in [7, 11) is 1.64. The normalized spacial score (nSPS) is 18.8. The van der Waals surface area contributed by atoms with Crippen molar-refractivity contribution in [3.8, 4) is 5.75 Å². The van der Waals surface area contributed by atoms with Crippen LogP contribution in [-0.2, 0) is 12.8 Å². The number of ether oxygens (including phenoxy) is 1. The highest BCUT2D eigenvalue weighted by molar-refractivity contribution is 5.74. The smallest absolute Gasteiger partial charge is 0.315 e. The molecule has 2 aromatic carbocycles. The Morgan fingerprint density at radius 1 is 1.21 bits per heavy atom. The number of amides is 2. The molecule has 0 unspecified atom stereocenters. The maximum atomic E-state index is 12.1. The first-order valence-corrected chi connectivity index (χ1v) is 8.10. The molecule has 0 fully saturated rings. The van der Waals surface area contributed by atoms with E-state index in [2.05, 4.69) is 10.6 Å². The van der Waals surface area contributed by atoms with Crippen molar-refractivity contribution in [2.24, 2.45) is 0 Å². The van der Waals surface area contributed by atoms with Crippen molar-refractivity contribution < 1.29 is 14.6 Å². The zero-order valence-electron chi connectivity index (χ0n) is 13.7. The first-order valence-electron chi connectivity index (χ1n) is 8.10. The van der Waals surface area contributed by atoms with Crippen molar-refractivity contribution in [1.29, 1.82) is 0 Å².